The number of amides is 1. The molecule has 3 rings (SSSR count). The molecule has 1 aliphatic heterocycles. The first kappa shape index (κ1) is 16.8. The molecular weight excluding hydrogens is 325 g/mol. The van der Waals surface area contributed by atoms with Crippen LogP contribution in [0.2, 0.25) is 0 Å². The first-order chi connectivity index (χ1) is 12.0. The van der Waals surface area contributed by atoms with Gasteiger partial charge in [-0.25, -0.2) is 14.4 Å². The molecule has 0 radical (unpaired) electrons. The Morgan fingerprint density at radius 3 is 2.40 bits per heavy atom. The zero-order valence-corrected chi connectivity index (χ0v) is 13.8. The molecule has 1 aromatic heterocycles. The molecule has 0 atom stereocenters. The SMILES string of the molecule is CC(=O)c1ccc(N2CCN(C(=O)c3nccnc3N)CC2)c(F)c1. The van der Waals surface area contributed by atoms with Gasteiger partial charge in [-0.05, 0) is 25.1 Å². The van der Waals surface area contributed by atoms with Gasteiger partial charge in [0.2, 0.25) is 0 Å². The van der Waals surface area contributed by atoms with E-state index in [9.17, 15) is 14.0 Å². The van der Waals surface area contributed by atoms with Crippen LogP contribution in [0, 0.1) is 5.82 Å². The van der Waals surface area contributed by atoms with E-state index in [1.807, 2.05) is 4.90 Å². The van der Waals surface area contributed by atoms with E-state index in [0.717, 1.165) is 0 Å². The van der Waals surface area contributed by atoms with Crippen molar-refractivity contribution in [1.29, 1.82) is 0 Å². The summed E-state index contributed by atoms with van der Waals surface area (Å²) in [4.78, 5) is 35.1. The molecule has 0 unspecified atom stereocenters. The molecule has 2 N–H and O–H groups in total. The molecule has 0 saturated carbocycles. The van der Waals surface area contributed by atoms with Crippen LogP contribution in [0.25, 0.3) is 0 Å². The number of hydrogen-bond acceptors (Lipinski definition) is 6. The number of anilines is 2. The number of nitrogen functional groups attached to an aromatic ring is 1. The number of nitrogens with two attached hydrogens (primary N) is 1. The highest BCUT2D eigenvalue weighted by Gasteiger charge is 2.26. The Hall–Kier alpha value is -3.03. The number of rotatable bonds is 3. The Balaban J connectivity index is 1.69. The Bertz CT molecular complexity index is 818. The number of nitrogens with zero attached hydrogens (tertiary/aromatic N) is 4. The summed E-state index contributed by atoms with van der Waals surface area (Å²) in [5.41, 5.74) is 6.60. The second kappa shape index (κ2) is 6.84. The zero-order chi connectivity index (χ0) is 18.0. The van der Waals surface area contributed by atoms with Gasteiger partial charge in [-0.3, -0.25) is 9.59 Å². The van der Waals surface area contributed by atoms with Gasteiger partial charge in [0.05, 0.1) is 5.69 Å². The van der Waals surface area contributed by atoms with Gasteiger partial charge < -0.3 is 15.5 Å². The maximum absolute atomic E-state index is 14.3. The van der Waals surface area contributed by atoms with E-state index in [4.69, 9.17) is 5.73 Å². The highest BCUT2D eigenvalue weighted by molar-refractivity contribution is 5.96. The average Bonchev–Trinajstić information content (AvgIpc) is 2.61. The maximum Gasteiger partial charge on any atom is 0.276 e. The number of hydrogen-bond donors (Lipinski definition) is 1. The molecule has 130 valence electrons. The predicted octanol–water partition coefficient (Wildman–Crippen LogP) is 1.36. The summed E-state index contributed by atoms with van der Waals surface area (Å²) in [6, 6.07) is 4.46. The van der Waals surface area contributed by atoms with Crippen molar-refractivity contribution in [3.8, 4) is 0 Å². The summed E-state index contributed by atoms with van der Waals surface area (Å²) in [7, 11) is 0. The minimum atomic E-state index is -0.439. The first-order valence-corrected chi connectivity index (χ1v) is 7.88. The van der Waals surface area contributed by atoms with E-state index in [-0.39, 0.29) is 23.2 Å². The lowest BCUT2D eigenvalue weighted by Crippen LogP contribution is -2.49. The monoisotopic (exact) mass is 343 g/mol. The second-order valence-corrected chi connectivity index (χ2v) is 5.79. The summed E-state index contributed by atoms with van der Waals surface area (Å²) in [6.45, 7) is 3.19. The van der Waals surface area contributed by atoms with Crippen molar-refractivity contribution in [1.82, 2.24) is 14.9 Å². The van der Waals surface area contributed by atoms with Gasteiger partial charge in [0, 0.05) is 44.1 Å². The Morgan fingerprint density at radius 2 is 1.80 bits per heavy atom. The number of carbonyl (C=O) groups is 2. The van der Waals surface area contributed by atoms with Crippen molar-refractivity contribution in [3.05, 3.63) is 47.7 Å². The zero-order valence-electron chi connectivity index (χ0n) is 13.8. The van der Waals surface area contributed by atoms with E-state index < -0.39 is 5.82 Å². The van der Waals surface area contributed by atoms with Crippen LogP contribution in [-0.4, -0.2) is 52.7 Å². The summed E-state index contributed by atoms with van der Waals surface area (Å²) in [5, 5.41) is 0. The van der Waals surface area contributed by atoms with Crippen LogP contribution in [0.4, 0.5) is 15.9 Å². The van der Waals surface area contributed by atoms with Crippen LogP contribution in [0.5, 0.6) is 0 Å². The van der Waals surface area contributed by atoms with Crippen LogP contribution in [0.3, 0.4) is 0 Å². The highest BCUT2D eigenvalue weighted by atomic mass is 19.1. The molecule has 8 heteroatoms. The van der Waals surface area contributed by atoms with Crippen LogP contribution < -0.4 is 10.6 Å². The highest BCUT2D eigenvalue weighted by Crippen LogP contribution is 2.23. The number of carbonyl (C=O) groups excluding carboxylic acids is 2. The third-order valence-corrected chi connectivity index (χ3v) is 4.19. The van der Waals surface area contributed by atoms with Gasteiger partial charge in [-0.1, -0.05) is 0 Å². The smallest absolute Gasteiger partial charge is 0.276 e. The number of piperazine rings is 1. The van der Waals surface area contributed by atoms with E-state index in [1.165, 1.54) is 25.4 Å². The largest absolute Gasteiger partial charge is 0.382 e. The fourth-order valence-electron chi connectivity index (χ4n) is 2.80. The molecule has 0 aliphatic carbocycles. The molecule has 1 amide bonds. The van der Waals surface area contributed by atoms with Gasteiger partial charge in [-0.15, -0.1) is 0 Å². The summed E-state index contributed by atoms with van der Waals surface area (Å²) >= 11 is 0. The van der Waals surface area contributed by atoms with E-state index in [2.05, 4.69) is 9.97 Å². The molecule has 2 aromatic rings. The summed E-state index contributed by atoms with van der Waals surface area (Å²) in [6.07, 6.45) is 2.85. The molecule has 1 fully saturated rings. The Morgan fingerprint density at radius 1 is 1.12 bits per heavy atom. The van der Waals surface area contributed by atoms with Crippen LogP contribution in [0.15, 0.2) is 30.6 Å². The molecular formula is C17H18FN5O2. The van der Waals surface area contributed by atoms with Crippen molar-refractivity contribution in [2.45, 2.75) is 6.92 Å². The Labute approximate surface area is 144 Å². The second-order valence-electron chi connectivity index (χ2n) is 5.79. The number of aromatic nitrogens is 2. The fraction of sp³-hybridized carbons (Fsp3) is 0.294. The van der Waals surface area contributed by atoms with Crippen LogP contribution >= 0.6 is 0 Å². The number of benzene rings is 1. The summed E-state index contributed by atoms with van der Waals surface area (Å²) < 4.78 is 14.3. The molecule has 1 saturated heterocycles. The van der Waals surface area contributed by atoms with Crippen LogP contribution in [-0.2, 0) is 0 Å². The number of halogens is 1. The Kier molecular flexibility index (Phi) is 4.60. The topological polar surface area (TPSA) is 92.4 Å². The van der Waals surface area contributed by atoms with Gasteiger partial charge >= 0.3 is 0 Å². The van der Waals surface area contributed by atoms with Crippen molar-refractivity contribution >= 4 is 23.2 Å². The fourth-order valence-corrected chi connectivity index (χ4v) is 2.80. The first-order valence-electron chi connectivity index (χ1n) is 7.88. The molecule has 0 bridgehead atoms. The predicted molar refractivity (Wildman–Crippen MR) is 91.0 cm³/mol. The quantitative estimate of drug-likeness (QED) is 0.846. The van der Waals surface area contributed by atoms with Gasteiger partial charge in [-0.2, -0.15) is 0 Å². The molecule has 7 nitrogen and oxygen atoms in total. The minimum absolute atomic E-state index is 0.0980. The third kappa shape index (κ3) is 3.42. The van der Waals surface area contributed by atoms with Gasteiger partial charge in [0.15, 0.2) is 17.3 Å². The lowest BCUT2D eigenvalue weighted by atomic mass is 10.1. The molecule has 25 heavy (non-hydrogen) atoms. The standard InChI is InChI=1S/C17H18FN5O2/c1-11(24)12-2-3-14(13(18)10-12)22-6-8-23(9-7-22)17(25)15-16(19)21-5-4-20-15/h2-5,10H,6-9H2,1H3,(H2,19,21). The third-order valence-electron chi connectivity index (χ3n) is 4.19. The molecule has 1 aliphatic rings. The lowest BCUT2D eigenvalue weighted by molar-refractivity contribution is 0.0741. The number of ketones is 1. The number of Topliss-reactive ketones (excluding diaryl/α,β-unsaturated/α-hetero) is 1. The minimum Gasteiger partial charge on any atom is -0.382 e. The van der Waals surface area contributed by atoms with E-state index in [0.29, 0.717) is 37.4 Å². The average molecular weight is 343 g/mol. The van der Waals surface area contributed by atoms with Crippen molar-refractivity contribution in [3.63, 3.8) is 0 Å². The normalized spacial score (nSPS) is 14.5. The van der Waals surface area contributed by atoms with Crippen LogP contribution in [0.1, 0.15) is 27.8 Å². The van der Waals surface area contributed by atoms with Gasteiger partial charge in [0.25, 0.3) is 5.91 Å². The van der Waals surface area contributed by atoms with Gasteiger partial charge in [0.1, 0.15) is 5.82 Å². The molecule has 2 heterocycles. The summed E-state index contributed by atoms with van der Waals surface area (Å²) in [5.74, 6) is -0.800. The van der Waals surface area contributed by atoms with E-state index >= 15 is 0 Å². The van der Waals surface area contributed by atoms with Crippen molar-refractivity contribution in [2.24, 2.45) is 0 Å². The van der Waals surface area contributed by atoms with Crippen molar-refractivity contribution < 1.29 is 14.0 Å². The lowest BCUT2D eigenvalue weighted by Gasteiger charge is -2.36. The maximum atomic E-state index is 14.3. The molecule has 0 spiro atoms. The van der Waals surface area contributed by atoms with Crippen molar-refractivity contribution in [2.75, 3.05) is 36.8 Å². The molecule has 1 aromatic carbocycles. The van der Waals surface area contributed by atoms with E-state index in [1.54, 1.807) is 17.0 Å².